The summed E-state index contributed by atoms with van der Waals surface area (Å²) in [5.41, 5.74) is 2.37. The van der Waals surface area contributed by atoms with Gasteiger partial charge in [0, 0.05) is 16.7 Å². The second kappa shape index (κ2) is 16.9. The Labute approximate surface area is 184 Å². The van der Waals surface area contributed by atoms with Gasteiger partial charge < -0.3 is 4.42 Å². The second-order valence-electron chi connectivity index (χ2n) is 8.61. The van der Waals surface area contributed by atoms with Crippen LogP contribution < -0.4 is 0 Å². The van der Waals surface area contributed by atoms with Gasteiger partial charge in [-0.25, -0.2) is 0 Å². The molecule has 29 heavy (non-hydrogen) atoms. The van der Waals surface area contributed by atoms with Gasteiger partial charge in [-0.2, -0.15) is 11.8 Å². The van der Waals surface area contributed by atoms with Crippen LogP contribution >= 0.6 is 11.8 Å². The zero-order chi connectivity index (χ0) is 20.4. The van der Waals surface area contributed by atoms with Crippen molar-refractivity contribution in [2.45, 2.75) is 115 Å². The first kappa shape index (κ1) is 24.4. The summed E-state index contributed by atoms with van der Waals surface area (Å²) in [6.07, 6.45) is 25.0. The Morgan fingerprint density at radius 2 is 1.17 bits per heavy atom. The number of fused-ring (bicyclic) bond motifs is 1. The molecule has 2 heteroatoms. The molecule has 0 aliphatic rings. The van der Waals surface area contributed by atoms with Gasteiger partial charge in [-0.1, -0.05) is 121 Å². The predicted octanol–water partition coefficient (Wildman–Crippen LogP) is 9.93. The summed E-state index contributed by atoms with van der Waals surface area (Å²) in [6, 6.07) is 8.36. The molecule has 1 nitrogen and oxygen atoms in total. The number of para-hydroxylation sites is 1. The highest BCUT2D eigenvalue weighted by Gasteiger charge is 2.04. The highest BCUT2D eigenvalue weighted by atomic mass is 32.2. The third-order valence-electron chi connectivity index (χ3n) is 5.96. The van der Waals surface area contributed by atoms with E-state index in [-0.39, 0.29) is 0 Å². The Bertz CT molecular complexity index is 618. The molecule has 0 saturated heterocycles. The number of thioether (sulfide) groups is 1. The van der Waals surface area contributed by atoms with Gasteiger partial charge in [0.25, 0.3) is 0 Å². The van der Waals surface area contributed by atoms with Crippen molar-refractivity contribution in [2.75, 3.05) is 5.75 Å². The molecule has 0 aliphatic carbocycles. The third kappa shape index (κ3) is 11.2. The average molecular weight is 417 g/mol. The summed E-state index contributed by atoms with van der Waals surface area (Å²) in [6.45, 7) is 2.30. The van der Waals surface area contributed by atoms with E-state index >= 15 is 0 Å². The molecule has 0 N–H and O–H groups in total. The van der Waals surface area contributed by atoms with E-state index < -0.39 is 0 Å². The molecule has 0 atom stereocenters. The maximum Gasteiger partial charge on any atom is 0.134 e. The first-order chi connectivity index (χ1) is 14.4. The average Bonchev–Trinajstić information content (AvgIpc) is 3.16. The monoisotopic (exact) mass is 416 g/mol. The molecule has 164 valence electrons. The predicted molar refractivity (Wildman–Crippen MR) is 132 cm³/mol. The minimum Gasteiger partial charge on any atom is -0.464 e. The van der Waals surface area contributed by atoms with Gasteiger partial charge in [0.1, 0.15) is 5.58 Å². The Hall–Kier alpha value is -0.890. The summed E-state index contributed by atoms with van der Waals surface area (Å²) < 4.78 is 5.62. The van der Waals surface area contributed by atoms with E-state index in [0.29, 0.717) is 0 Å². The van der Waals surface area contributed by atoms with Crippen LogP contribution in [0.1, 0.15) is 115 Å². The van der Waals surface area contributed by atoms with E-state index in [1.807, 2.05) is 12.3 Å². The fraction of sp³-hybridized carbons (Fsp3) is 0.704. The van der Waals surface area contributed by atoms with Crippen LogP contribution in [0.15, 0.2) is 34.9 Å². The fourth-order valence-electron chi connectivity index (χ4n) is 4.08. The molecule has 2 aromatic rings. The Morgan fingerprint density at radius 1 is 0.655 bits per heavy atom. The Balaban J connectivity index is 1.29. The molecule has 2 rings (SSSR count). The summed E-state index contributed by atoms with van der Waals surface area (Å²) >= 11 is 2.05. The van der Waals surface area contributed by atoms with E-state index in [1.54, 1.807) is 0 Å². The smallest absolute Gasteiger partial charge is 0.134 e. The van der Waals surface area contributed by atoms with Crippen molar-refractivity contribution in [3.63, 3.8) is 0 Å². The quantitative estimate of drug-likeness (QED) is 0.211. The zero-order valence-electron chi connectivity index (χ0n) is 18.9. The lowest BCUT2D eigenvalue weighted by Gasteiger charge is -2.04. The summed E-state index contributed by atoms with van der Waals surface area (Å²) in [7, 11) is 0. The fourth-order valence-corrected chi connectivity index (χ4v) is 5.07. The number of furan rings is 1. The number of hydrogen-bond donors (Lipinski definition) is 0. The molecule has 1 aromatic heterocycles. The molecule has 0 radical (unpaired) electrons. The largest absolute Gasteiger partial charge is 0.464 e. The van der Waals surface area contributed by atoms with E-state index in [2.05, 4.69) is 36.9 Å². The standard InChI is InChI=1S/C27H44OS/c1-2-3-4-5-6-7-8-9-10-11-12-13-14-15-16-19-22-29-24-25-23-28-27-21-18-17-20-26(25)27/h17-18,20-21,23H,2-16,19,22,24H2,1H3. The zero-order valence-corrected chi connectivity index (χ0v) is 19.7. The van der Waals surface area contributed by atoms with Crippen molar-refractivity contribution >= 4 is 22.7 Å². The van der Waals surface area contributed by atoms with E-state index in [9.17, 15) is 0 Å². The van der Waals surface area contributed by atoms with Gasteiger partial charge in [-0.05, 0) is 18.2 Å². The molecule has 1 aromatic carbocycles. The molecular weight excluding hydrogens is 372 g/mol. The van der Waals surface area contributed by atoms with E-state index in [4.69, 9.17) is 4.42 Å². The summed E-state index contributed by atoms with van der Waals surface area (Å²) in [5, 5.41) is 1.28. The van der Waals surface area contributed by atoms with Gasteiger partial charge in [0.2, 0.25) is 0 Å². The highest BCUT2D eigenvalue weighted by molar-refractivity contribution is 7.98. The van der Waals surface area contributed by atoms with Crippen molar-refractivity contribution < 1.29 is 4.42 Å². The van der Waals surface area contributed by atoms with Crippen molar-refractivity contribution in [3.05, 3.63) is 36.1 Å². The Morgan fingerprint density at radius 3 is 1.76 bits per heavy atom. The van der Waals surface area contributed by atoms with Crippen LogP contribution in [0, 0.1) is 0 Å². The minimum atomic E-state index is 1.02. The van der Waals surface area contributed by atoms with E-state index in [1.165, 1.54) is 119 Å². The van der Waals surface area contributed by atoms with Crippen LogP contribution in [0.25, 0.3) is 11.0 Å². The minimum absolute atomic E-state index is 1.02. The molecule has 1 heterocycles. The van der Waals surface area contributed by atoms with Crippen molar-refractivity contribution in [3.8, 4) is 0 Å². The molecule has 0 aliphatic heterocycles. The van der Waals surface area contributed by atoms with Gasteiger partial charge in [-0.15, -0.1) is 0 Å². The molecule has 0 unspecified atom stereocenters. The third-order valence-corrected chi connectivity index (χ3v) is 7.05. The molecular formula is C27H44OS. The van der Waals surface area contributed by atoms with Crippen LogP contribution in [-0.2, 0) is 5.75 Å². The maximum absolute atomic E-state index is 5.62. The highest BCUT2D eigenvalue weighted by Crippen LogP contribution is 2.25. The van der Waals surface area contributed by atoms with Gasteiger partial charge in [-0.3, -0.25) is 0 Å². The maximum atomic E-state index is 5.62. The van der Waals surface area contributed by atoms with Crippen molar-refractivity contribution in [1.29, 1.82) is 0 Å². The summed E-state index contributed by atoms with van der Waals surface area (Å²) in [5.74, 6) is 2.35. The number of rotatable bonds is 19. The molecule has 0 fully saturated rings. The lowest BCUT2D eigenvalue weighted by molar-refractivity contribution is 0.531. The first-order valence-corrected chi connectivity index (χ1v) is 13.6. The molecule has 0 spiro atoms. The number of hydrogen-bond acceptors (Lipinski definition) is 2. The van der Waals surface area contributed by atoms with Crippen LogP contribution in [0.3, 0.4) is 0 Å². The van der Waals surface area contributed by atoms with Crippen LogP contribution in [0.5, 0.6) is 0 Å². The lowest BCUT2D eigenvalue weighted by atomic mass is 10.0. The van der Waals surface area contributed by atoms with Crippen LogP contribution in [0.4, 0.5) is 0 Å². The van der Waals surface area contributed by atoms with Gasteiger partial charge >= 0.3 is 0 Å². The van der Waals surface area contributed by atoms with Crippen LogP contribution in [-0.4, -0.2) is 5.75 Å². The van der Waals surface area contributed by atoms with Crippen LogP contribution in [0.2, 0.25) is 0 Å². The van der Waals surface area contributed by atoms with Crippen molar-refractivity contribution in [1.82, 2.24) is 0 Å². The number of unbranched alkanes of at least 4 members (excludes halogenated alkanes) is 15. The number of benzene rings is 1. The lowest BCUT2D eigenvalue weighted by Crippen LogP contribution is -1.85. The SMILES string of the molecule is CCCCCCCCCCCCCCCCCCSCc1coc2ccccc12. The first-order valence-electron chi connectivity index (χ1n) is 12.4. The van der Waals surface area contributed by atoms with Gasteiger partial charge in [0.15, 0.2) is 0 Å². The molecule has 0 saturated carbocycles. The molecule has 0 bridgehead atoms. The summed E-state index contributed by atoms with van der Waals surface area (Å²) in [4.78, 5) is 0. The van der Waals surface area contributed by atoms with E-state index in [0.717, 1.165) is 11.3 Å². The second-order valence-corrected chi connectivity index (χ2v) is 9.72. The Kier molecular flexibility index (Phi) is 14.2. The normalized spacial score (nSPS) is 11.5. The molecule has 0 amide bonds. The topological polar surface area (TPSA) is 13.1 Å². The van der Waals surface area contributed by atoms with Crippen molar-refractivity contribution in [2.24, 2.45) is 0 Å². The van der Waals surface area contributed by atoms with Gasteiger partial charge in [0.05, 0.1) is 6.26 Å².